The molecular weight excluding hydrogens is 284 g/mol. The molecule has 0 unspecified atom stereocenters. The van der Waals surface area contributed by atoms with Gasteiger partial charge in [0, 0.05) is 18.7 Å². The minimum absolute atomic E-state index is 0.132. The molecule has 2 heterocycles. The van der Waals surface area contributed by atoms with E-state index in [1.165, 1.54) is 18.4 Å². The lowest BCUT2D eigenvalue weighted by atomic mass is 10.1. The Bertz CT molecular complexity index is 683. The van der Waals surface area contributed by atoms with Gasteiger partial charge in [-0.2, -0.15) is 0 Å². The summed E-state index contributed by atoms with van der Waals surface area (Å²) < 4.78 is 0. The second-order valence-corrected chi connectivity index (χ2v) is 6.40. The second kappa shape index (κ2) is 6.95. The van der Waals surface area contributed by atoms with E-state index in [0.717, 1.165) is 48.4 Å². The zero-order valence-corrected chi connectivity index (χ0v) is 14.0. The zero-order chi connectivity index (χ0) is 16.2. The minimum Gasteiger partial charge on any atom is -0.339 e. The van der Waals surface area contributed by atoms with E-state index in [1.54, 1.807) is 0 Å². The van der Waals surface area contributed by atoms with Crippen molar-refractivity contribution in [3.8, 4) is 11.3 Å². The van der Waals surface area contributed by atoms with E-state index in [1.807, 2.05) is 24.0 Å². The van der Waals surface area contributed by atoms with Crippen LogP contribution in [0, 0.1) is 13.8 Å². The van der Waals surface area contributed by atoms with Gasteiger partial charge >= 0.3 is 0 Å². The van der Waals surface area contributed by atoms with Crippen molar-refractivity contribution in [2.75, 3.05) is 13.1 Å². The zero-order valence-electron chi connectivity index (χ0n) is 14.0. The quantitative estimate of drug-likeness (QED) is 0.825. The summed E-state index contributed by atoms with van der Waals surface area (Å²) in [4.78, 5) is 19.4. The molecule has 0 N–H and O–H groups in total. The molecule has 1 aromatic carbocycles. The third-order valence-corrected chi connectivity index (χ3v) is 4.56. The van der Waals surface area contributed by atoms with Crippen molar-refractivity contribution in [2.24, 2.45) is 0 Å². The molecule has 120 valence electrons. The summed E-state index contributed by atoms with van der Waals surface area (Å²) in [5.41, 5.74) is 4.81. The van der Waals surface area contributed by atoms with Crippen LogP contribution in [0.3, 0.4) is 0 Å². The normalized spacial score (nSPS) is 15.3. The highest BCUT2D eigenvalue weighted by Crippen LogP contribution is 2.21. The van der Waals surface area contributed by atoms with Crippen LogP contribution in [-0.4, -0.2) is 28.9 Å². The van der Waals surface area contributed by atoms with Crippen LogP contribution in [0.2, 0.25) is 0 Å². The number of aromatic nitrogens is 1. The molecule has 0 saturated carbocycles. The first kappa shape index (κ1) is 15.7. The summed E-state index contributed by atoms with van der Waals surface area (Å²) in [6.07, 6.45) is 4.68. The van der Waals surface area contributed by atoms with E-state index in [2.05, 4.69) is 36.2 Å². The SMILES string of the molecule is Cc1ccc(-c2ccc(C(=O)N3CCCCCC3)c(C)n2)cc1. The number of hydrogen-bond acceptors (Lipinski definition) is 2. The number of carbonyl (C=O) groups is 1. The first-order valence-corrected chi connectivity index (χ1v) is 8.49. The number of carbonyl (C=O) groups excluding carboxylic acids is 1. The lowest BCUT2D eigenvalue weighted by molar-refractivity contribution is 0.0760. The highest BCUT2D eigenvalue weighted by Gasteiger charge is 2.19. The van der Waals surface area contributed by atoms with Crippen molar-refractivity contribution in [1.82, 2.24) is 9.88 Å². The predicted molar refractivity (Wildman–Crippen MR) is 93.5 cm³/mol. The summed E-state index contributed by atoms with van der Waals surface area (Å²) in [5.74, 6) is 0.132. The van der Waals surface area contributed by atoms with Crippen LogP contribution < -0.4 is 0 Å². The van der Waals surface area contributed by atoms with Crippen molar-refractivity contribution in [2.45, 2.75) is 39.5 Å². The number of benzene rings is 1. The van der Waals surface area contributed by atoms with E-state index in [9.17, 15) is 4.79 Å². The Kier molecular flexibility index (Phi) is 4.75. The number of hydrogen-bond donors (Lipinski definition) is 0. The molecule has 3 nitrogen and oxygen atoms in total. The maximum absolute atomic E-state index is 12.8. The molecule has 2 aromatic rings. The van der Waals surface area contributed by atoms with Crippen LogP contribution in [0.1, 0.15) is 47.3 Å². The van der Waals surface area contributed by atoms with Crippen molar-refractivity contribution in [3.05, 3.63) is 53.2 Å². The average Bonchev–Trinajstić information content (AvgIpc) is 2.84. The first-order valence-electron chi connectivity index (χ1n) is 8.49. The fraction of sp³-hybridized carbons (Fsp3) is 0.400. The van der Waals surface area contributed by atoms with Gasteiger partial charge < -0.3 is 4.90 Å². The fourth-order valence-electron chi connectivity index (χ4n) is 3.12. The van der Waals surface area contributed by atoms with Gasteiger partial charge in [-0.15, -0.1) is 0 Å². The van der Waals surface area contributed by atoms with Crippen LogP contribution in [-0.2, 0) is 0 Å². The summed E-state index contributed by atoms with van der Waals surface area (Å²) in [6, 6.07) is 12.2. The standard InChI is InChI=1S/C20H24N2O/c1-15-7-9-17(10-8-15)19-12-11-18(16(2)21-19)20(23)22-13-5-3-4-6-14-22/h7-12H,3-6,13-14H2,1-2H3. The van der Waals surface area contributed by atoms with Crippen LogP contribution in [0.5, 0.6) is 0 Å². The highest BCUT2D eigenvalue weighted by atomic mass is 16.2. The maximum Gasteiger partial charge on any atom is 0.255 e. The largest absolute Gasteiger partial charge is 0.339 e. The molecular formula is C20H24N2O. The Morgan fingerprint density at radius 3 is 2.17 bits per heavy atom. The van der Waals surface area contributed by atoms with Crippen molar-refractivity contribution in [1.29, 1.82) is 0 Å². The fourth-order valence-corrected chi connectivity index (χ4v) is 3.12. The molecule has 1 aliphatic heterocycles. The van der Waals surface area contributed by atoms with Crippen LogP contribution in [0.4, 0.5) is 0 Å². The van der Waals surface area contributed by atoms with Gasteiger partial charge in [-0.1, -0.05) is 42.7 Å². The van der Waals surface area contributed by atoms with Gasteiger partial charge in [-0.05, 0) is 38.8 Å². The molecule has 1 aliphatic rings. The Hall–Kier alpha value is -2.16. The number of pyridine rings is 1. The van der Waals surface area contributed by atoms with Gasteiger partial charge in [-0.3, -0.25) is 9.78 Å². The van der Waals surface area contributed by atoms with E-state index in [4.69, 9.17) is 0 Å². The van der Waals surface area contributed by atoms with Gasteiger partial charge in [0.05, 0.1) is 17.0 Å². The molecule has 0 spiro atoms. The first-order chi connectivity index (χ1) is 11.1. The highest BCUT2D eigenvalue weighted by molar-refractivity contribution is 5.95. The second-order valence-electron chi connectivity index (χ2n) is 6.40. The number of nitrogens with zero attached hydrogens (tertiary/aromatic N) is 2. The molecule has 0 bridgehead atoms. The molecule has 0 aliphatic carbocycles. The molecule has 23 heavy (non-hydrogen) atoms. The van der Waals surface area contributed by atoms with Crippen molar-refractivity contribution < 1.29 is 4.79 Å². The predicted octanol–water partition coefficient (Wildman–Crippen LogP) is 4.38. The molecule has 0 atom stereocenters. The monoisotopic (exact) mass is 308 g/mol. The third kappa shape index (κ3) is 3.61. The maximum atomic E-state index is 12.8. The van der Waals surface area contributed by atoms with Gasteiger partial charge in [0.15, 0.2) is 0 Å². The number of likely N-dealkylation sites (tertiary alicyclic amines) is 1. The van der Waals surface area contributed by atoms with Crippen molar-refractivity contribution >= 4 is 5.91 Å². The van der Waals surface area contributed by atoms with E-state index >= 15 is 0 Å². The molecule has 1 aromatic heterocycles. The Balaban J connectivity index is 1.84. The minimum atomic E-state index is 0.132. The lowest BCUT2D eigenvalue weighted by Gasteiger charge is -2.21. The smallest absolute Gasteiger partial charge is 0.255 e. The van der Waals surface area contributed by atoms with Gasteiger partial charge in [0.1, 0.15) is 0 Å². The van der Waals surface area contributed by atoms with Crippen LogP contribution in [0.15, 0.2) is 36.4 Å². The number of aryl methyl sites for hydroxylation is 2. The number of rotatable bonds is 2. The summed E-state index contributed by atoms with van der Waals surface area (Å²) >= 11 is 0. The average molecular weight is 308 g/mol. The molecule has 1 fully saturated rings. The molecule has 1 amide bonds. The Labute approximate surface area is 138 Å². The molecule has 0 radical (unpaired) electrons. The van der Waals surface area contributed by atoms with E-state index < -0.39 is 0 Å². The van der Waals surface area contributed by atoms with Gasteiger partial charge in [0.25, 0.3) is 5.91 Å². The Morgan fingerprint density at radius 2 is 1.57 bits per heavy atom. The Morgan fingerprint density at radius 1 is 0.913 bits per heavy atom. The summed E-state index contributed by atoms with van der Waals surface area (Å²) in [6.45, 7) is 5.75. The van der Waals surface area contributed by atoms with Crippen LogP contribution in [0.25, 0.3) is 11.3 Å². The lowest BCUT2D eigenvalue weighted by Crippen LogP contribution is -2.32. The van der Waals surface area contributed by atoms with Crippen molar-refractivity contribution in [3.63, 3.8) is 0 Å². The van der Waals surface area contributed by atoms with Gasteiger partial charge in [-0.25, -0.2) is 0 Å². The van der Waals surface area contributed by atoms with Gasteiger partial charge in [0.2, 0.25) is 0 Å². The van der Waals surface area contributed by atoms with E-state index in [-0.39, 0.29) is 5.91 Å². The summed E-state index contributed by atoms with van der Waals surface area (Å²) in [7, 11) is 0. The molecule has 3 heteroatoms. The third-order valence-electron chi connectivity index (χ3n) is 4.56. The topological polar surface area (TPSA) is 33.2 Å². The molecule has 3 rings (SSSR count). The van der Waals surface area contributed by atoms with E-state index in [0.29, 0.717) is 0 Å². The number of amides is 1. The molecule has 1 saturated heterocycles. The summed E-state index contributed by atoms with van der Waals surface area (Å²) in [5, 5.41) is 0. The van der Waals surface area contributed by atoms with Crippen LogP contribution >= 0.6 is 0 Å².